The predicted octanol–water partition coefficient (Wildman–Crippen LogP) is 4.38. The number of carbonyl (C=O) groups is 2. The number of amides is 3. The molecule has 0 spiro atoms. The van der Waals surface area contributed by atoms with Crippen LogP contribution in [0.25, 0.3) is 11.0 Å². The number of ether oxygens (including phenoxy) is 1. The van der Waals surface area contributed by atoms with Crippen LogP contribution in [0.5, 0.6) is 11.5 Å². The number of fused-ring (bicyclic) bond motifs is 1. The van der Waals surface area contributed by atoms with Crippen molar-refractivity contribution in [3.63, 3.8) is 0 Å². The summed E-state index contributed by atoms with van der Waals surface area (Å²) in [5.74, 6) is 0.712. The molecule has 142 valence electrons. The Morgan fingerprint density at radius 3 is 2.34 bits per heavy atom. The number of benzene rings is 3. The van der Waals surface area contributed by atoms with Gasteiger partial charge in [0.25, 0.3) is 5.91 Å². The van der Waals surface area contributed by atoms with Crippen molar-refractivity contribution in [2.24, 2.45) is 0 Å². The summed E-state index contributed by atoms with van der Waals surface area (Å²) in [6.45, 7) is 0. The van der Waals surface area contributed by atoms with Crippen LogP contribution in [-0.4, -0.2) is 21.9 Å². The molecule has 7 heteroatoms. The van der Waals surface area contributed by atoms with Crippen molar-refractivity contribution < 1.29 is 14.3 Å². The maximum Gasteiger partial charge on any atom is 0.326 e. The number of aromatic nitrogens is 2. The molecule has 0 radical (unpaired) electrons. The van der Waals surface area contributed by atoms with Crippen LogP contribution in [-0.2, 0) is 0 Å². The lowest BCUT2D eigenvalue weighted by Gasteiger charge is -2.09. The molecular formula is C22H16N4O3. The quantitative estimate of drug-likeness (QED) is 0.544. The van der Waals surface area contributed by atoms with Gasteiger partial charge in [0.05, 0.1) is 11.0 Å². The molecule has 0 unspecified atom stereocenters. The number of carbonyl (C=O) groups excluding carboxylic acids is 2. The molecule has 0 fully saturated rings. The molecule has 0 saturated heterocycles. The lowest BCUT2D eigenvalue weighted by Crippen LogP contribution is -2.34. The Morgan fingerprint density at radius 2 is 1.52 bits per heavy atom. The number of imide groups is 1. The number of nitrogens with one attached hydrogen (secondary N) is 2. The van der Waals surface area contributed by atoms with Crippen LogP contribution in [0, 0.1) is 0 Å². The second-order valence-electron chi connectivity index (χ2n) is 6.11. The zero-order valence-corrected chi connectivity index (χ0v) is 15.2. The van der Waals surface area contributed by atoms with Gasteiger partial charge in [-0.2, -0.15) is 0 Å². The number of rotatable bonds is 4. The van der Waals surface area contributed by atoms with E-state index in [4.69, 9.17) is 4.74 Å². The molecule has 0 aliphatic rings. The average molecular weight is 384 g/mol. The number of urea groups is 1. The molecule has 7 nitrogen and oxygen atoms in total. The van der Waals surface area contributed by atoms with E-state index in [9.17, 15) is 9.59 Å². The average Bonchev–Trinajstić information content (AvgIpc) is 2.74. The minimum atomic E-state index is -0.647. The minimum absolute atomic E-state index is 0.314. The van der Waals surface area contributed by atoms with Gasteiger partial charge in [0.2, 0.25) is 0 Å². The van der Waals surface area contributed by atoms with E-state index in [1.165, 1.54) is 0 Å². The first kappa shape index (κ1) is 18.1. The summed E-state index contributed by atoms with van der Waals surface area (Å²) in [6, 6.07) is 20.4. The van der Waals surface area contributed by atoms with Crippen molar-refractivity contribution in [1.29, 1.82) is 0 Å². The molecule has 4 aromatic rings. The van der Waals surface area contributed by atoms with Gasteiger partial charge in [0.1, 0.15) is 11.5 Å². The summed E-state index contributed by atoms with van der Waals surface area (Å²) < 4.78 is 5.74. The molecule has 0 atom stereocenters. The van der Waals surface area contributed by atoms with E-state index in [2.05, 4.69) is 20.6 Å². The van der Waals surface area contributed by atoms with Gasteiger partial charge in [-0.25, -0.2) is 4.79 Å². The van der Waals surface area contributed by atoms with Gasteiger partial charge >= 0.3 is 6.03 Å². The predicted molar refractivity (Wildman–Crippen MR) is 109 cm³/mol. The summed E-state index contributed by atoms with van der Waals surface area (Å²) >= 11 is 0. The second kappa shape index (κ2) is 8.18. The topological polar surface area (TPSA) is 93.2 Å². The van der Waals surface area contributed by atoms with Gasteiger partial charge in [0, 0.05) is 29.7 Å². The standard InChI is InChI=1S/C22H16N4O3/c27-21(15-9-10-19-20(13-15)24-12-11-23-19)26-22(28)25-16-5-4-8-18(14-16)29-17-6-2-1-3-7-17/h1-14H,(H2,25,26,27,28). The van der Waals surface area contributed by atoms with E-state index in [1.807, 2.05) is 30.3 Å². The molecule has 3 aromatic carbocycles. The normalized spacial score (nSPS) is 10.3. The van der Waals surface area contributed by atoms with E-state index in [-0.39, 0.29) is 0 Å². The highest BCUT2D eigenvalue weighted by molar-refractivity contribution is 6.08. The highest BCUT2D eigenvalue weighted by Gasteiger charge is 2.12. The van der Waals surface area contributed by atoms with Crippen molar-refractivity contribution in [3.8, 4) is 11.5 Å². The van der Waals surface area contributed by atoms with E-state index in [0.29, 0.717) is 33.8 Å². The summed E-state index contributed by atoms with van der Waals surface area (Å²) in [6.07, 6.45) is 3.12. The molecule has 0 aliphatic carbocycles. The fraction of sp³-hybridized carbons (Fsp3) is 0. The van der Waals surface area contributed by atoms with Crippen molar-refractivity contribution in [3.05, 3.63) is 90.8 Å². The van der Waals surface area contributed by atoms with Crippen molar-refractivity contribution in [2.75, 3.05) is 5.32 Å². The summed E-state index contributed by atoms with van der Waals surface area (Å²) in [4.78, 5) is 32.9. The molecule has 29 heavy (non-hydrogen) atoms. The monoisotopic (exact) mass is 384 g/mol. The second-order valence-corrected chi connectivity index (χ2v) is 6.11. The van der Waals surface area contributed by atoms with Gasteiger partial charge in [-0.15, -0.1) is 0 Å². The number of nitrogens with zero attached hydrogens (tertiary/aromatic N) is 2. The molecule has 0 aliphatic heterocycles. The van der Waals surface area contributed by atoms with E-state index in [0.717, 1.165) is 0 Å². The molecule has 0 bridgehead atoms. The Morgan fingerprint density at radius 1 is 0.759 bits per heavy atom. The zero-order valence-electron chi connectivity index (χ0n) is 15.2. The van der Waals surface area contributed by atoms with Crippen molar-refractivity contribution in [1.82, 2.24) is 15.3 Å². The fourth-order valence-corrected chi connectivity index (χ4v) is 2.70. The Labute approximate surface area is 166 Å². The summed E-state index contributed by atoms with van der Waals surface area (Å²) in [5.41, 5.74) is 2.05. The third-order valence-electron chi connectivity index (χ3n) is 4.03. The van der Waals surface area contributed by atoms with Gasteiger partial charge in [-0.3, -0.25) is 20.1 Å². The maximum absolute atomic E-state index is 12.4. The highest BCUT2D eigenvalue weighted by Crippen LogP contribution is 2.23. The number of para-hydroxylation sites is 1. The summed E-state index contributed by atoms with van der Waals surface area (Å²) in [5, 5.41) is 4.93. The van der Waals surface area contributed by atoms with Gasteiger partial charge < -0.3 is 10.1 Å². The molecule has 1 aromatic heterocycles. The largest absolute Gasteiger partial charge is 0.457 e. The first-order chi connectivity index (χ1) is 14.2. The van der Waals surface area contributed by atoms with E-state index >= 15 is 0 Å². The molecule has 3 amide bonds. The lowest BCUT2D eigenvalue weighted by molar-refractivity contribution is 0.0967. The lowest BCUT2D eigenvalue weighted by atomic mass is 10.2. The Bertz CT molecular complexity index is 1180. The number of hydrogen-bond acceptors (Lipinski definition) is 5. The third kappa shape index (κ3) is 4.54. The SMILES string of the molecule is O=C(NC(=O)c1ccc2nccnc2c1)Nc1cccc(Oc2ccccc2)c1. The fourth-order valence-electron chi connectivity index (χ4n) is 2.70. The molecule has 0 saturated carbocycles. The smallest absolute Gasteiger partial charge is 0.326 e. The van der Waals surface area contributed by atoms with Crippen LogP contribution in [0.15, 0.2) is 85.2 Å². The zero-order chi connectivity index (χ0) is 20.1. The van der Waals surface area contributed by atoms with Gasteiger partial charge in [-0.05, 0) is 42.5 Å². The Balaban J connectivity index is 1.41. The Kier molecular flexibility index (Phi) is 5.11. The minimum Gasteiger partial charge on any atom is -0.457 e. The molecule has 1 heterocycles. The van der Waals surface area contributed by atoms with Crippen LogP contribution in [0.3, 0.4) is 0 Å². The van der Waals surface area contributed by atoms with Crippen LogP contribution in [0.1, 0.15) is 10.4 Å². The summed E-state index contributed by atoms with van der Waals surface area (Å²) in [7, 11) is 0. The van der Waals surface area contributed by atoms with Gasteiger partial charge in [0.15, 0.2) is 0 Å². The third-order valence-corrected chi connectivity index (χ3v) is 4.03. The van der Waals surface area contributed by atoms with E-state index in [1.54, 1.807) is 54.9 Å². The molecular weight excluding hydrogens is 368 g/mol. The number of anilines is 1. The van der Waals surface area contributed by atoms with E-state index < -0.39 is 11.9 Å². The number of hydrogen-bond donors (Lipinski definition) is 2. The van der Waals surface area contributed by atoms with Gasteiger partial charge in [-0.1, -0.05) is 24.3 Å². The first-order valence-corrected chi connectivity index (χ1v) is 8.83. The van der Waals surface area contributed by atoms with Crippen molar-refractivity contribution in [2.45, 2.75) is 0 Å². The molecule has 4 rings (SSSR count). The Hall–Kier alpha value is -4.26. The van der Waals surface area contributed by atoms with Crippen molar-refractivity contribution >= 4 is 28.7 Å². The molecule has 2 N–H and O–H groups in total. The van der Waals surface area contributed by atoms with Crippen LogP contribution in [0.2, 0.25) is 0 Å². The van der Waals surface area contributed by atoms with Crippen LogP contribution >= 0.6 is 0 Å². The van der Waals surface area contributed by atoms with Crippen LogP contribution in [0.4, 0.5) is 10.5 Å². The van der Waals surface area contributed by atoms with Crippen LogP contribution < -0.4 is 15.4 Å². The maximum atomic E-state index is 12.4. The highest BCUT2D eigenvalue weighted by atomic mass is 16.5. The first-order valence-electron chi connectivity index (χ1n) is 8.83.